The van der Waals surface area contributed by atoms with E-state index in [1.165, 1.54) is 141 Å². The Bertz CT molecular complexity index is 1620. The summed E-state index contributed by atoms with van der Waals surface area (Å²) >= 11 is 0. The van der Waals surface area contributed by atoms with Crippen molar-refractivity contribution in [1.29, 1.82) is 0 Å². The second kappa shape index (κ2) is 57.8. The van der Waals surface area contributed by atoms with Gasteiger partial charge >= 0.3 is 39.5 Å². The van der Waals surface area contributed by atoms with Gasteiger partial charge in [-0.2, -0.15) is 0 Å². The molecule has 0 aliphatic carbocycles. The van der Waals surface area contributed by atoms with Gasteiger partial charge in [-0.15, -0.1) is 0 Å². The molecule has 0 aliphatic heterocycles. The van der Waals surface area contributed by atoms with Crippen molar-refractivity contribution in [1.82, 2.24) is 0 Å². The molecule has 0 saturated heterocycles. The predicted molar refractivity (Wildman–Crippen MR) is 331 cm³/mol. The SMILES string of the molecule is CCCCCCCCCCCCCCCC(=O)O[C@H](COC(=O)CCCCCCCCCCC(C)CC)COP(=O)(O)OC[C@@H](O)COP(=O)(O)OC[C@@H](COC(=O)CCCCCCCCCC)OC(=O)CCCCCCCCCCCC. The van der Waals surface area contributed by atoms with Crippen LogP contribution in [0.25, 0.3) is 0 Å². The van der Waals surface area contributed by atoms with Crippen LogP contribution in [0.2, 0.25) is 0 Å². The van der Waals surface area contributed by atoms with E-state index in [0.717, 1.165) is 102 Å². The van der Waals surface area contributed by atoms with Gasteiger partial charge in [0, 0.05) is 25.7 Å². The Hall–Kier alpha value is -1.94. The number of hydrogen-bond acceptors (Lipinski definition) is 15. The molecule has 0 bridgehead atoms. The first-order valence-electron chi connectivity index (χ1n) is 33.7. The molecule has 0 fully saturated rings. The number of carbonyl (C=O) groups is 4. The minimum Gasteiger partial charge on any atom is -0.462 e. The number of unbranched alkanes of at least 4 members (excludes halogenated alkanes) is 35. The Morgan fingerprint density at radius 1 is 0.337 bits per heavy atom. The molecule has 0 rings (SSSR count). The van der Waals surface area contributed by atoms with Crippen LogP contribution in [0.15, 0.2) is 0 Å². The van der Waals surface area contributed by atoms with Crippen LogP contribution in [0.4, 0.5) is 0 Å². The fourth-order valence-electron chi connectivity index (χ4n) is 9.55. The Kier molecular flexibility index (Phi) is 56.4. The topological polar surface area (TPSA) is 237 Å². The van der Waals surface area contributed by atoms with Crippen LogP contribution in [0.5, 0.6) is 0 Å². The van der Waals surface area contributed by atoms with Crippen molar-refractivity contribution in [3.63, 3.8) is 0 Å². The average Bonchev–Trinajstić information content (AvgIpc) is 3.46. The molecule has 3 unspecified atom stereocenters. The summed E-state index contributed by atoms with van der Waals surface area (Å²) in [6.07, 6.45) is 41.6. The molecule has 17 nitrogen and oxygen atoms in total. The number of hydrogen-bond donors (Lipinski definition) is 3. The molecule has 0 saturated carbocycles. The van der Waals surface area contributed by atoms with Gasteiger partial charge in [0.2, 0.25) is 0 Å². The van der Waals surface area contributed by atoms with E-state index in [-0.39, 0.29) is 25.7 Å². The molecule has 492 valence electrons. The van der Waals surface area contributed by atoms with Gasteiger partial charge in [-0.25, -0.2) is 9.13 Å². The van der Waals surface area contributed by atoms with Crippen LogP contribution >= 0.6 is 15.6 Å². The molecule has 19 heteroatoms. The van der Waals surface area contributed by atoms with Crippen molar-refractivity contribution in [2.45, 2.75) is 342 Å². The number of ether oxygens (including phenoxy) is 4. The van der Waals surface area contributed by atoms with Gasteiger partial charge in [0.05, 0.1) is 26.4 Å². The van der Waals surface area contributed by atoms with Crippen molar-refractivity contribution >= 4 is 39.5 Å². The molecule has 0 aromatic carbocycles. The first-order valence-corrected chi connectivity index (χ1v) is 36.7. The Morgan fingerprint density at radius 3 is 0.855 bits per heavy atom. The van der Waals surface area contributed by atoms with E-state index in [2.05, 4.69) is 34.6 Å². The van der Waals surface area contributed by atoms with Crippen LogP contribution in [-0.4, -0.2) is 96.7 Å². The lowest BCUT2D eigenvalue weighted by Crippen LogP contribution is -2.30. The van der Waals surface area contributed by atoms with E-state index in [1.54, 1.807) is 0 Å². The second-order valence-electron chi connectivity index (χ2n) is 23.4. The minimum atomic E-state index is -4.94. The van der Waals surface area contributed by atoms with Crippen molar-refractivity contribution in [3.05, 3.63) is 0 Å². The molecule has 0 radical (unpaired) electrons. The molecule has 0 aliphatic rings. The number of rotatable bonds is 64. The summed E-state index contributed by atoms with van der Waals surface area (Å²) in [7, 11) is -9.88. The lowest BCUT2D eigenvalue weighted by atomic mass is 9.99. The van der Waals surface area contributed by atoms with E-state index >= 15 is 0 Å². The number of aliphatic hydroxyl groups excluding tert-OH is 1. The smallest absolute Gasteiger partial charge is 0.462 e. The molecule has 3 N–H and O–H groups in total. The van der Waals surface area contributed by atoms with Crippen LogP contribution in [-0.2, 0) is 65.4 Å². The number of phosphoric acid groups is 2. The summed E-state index contributed by atoms with van der Waals surface area (Å²) in [4.78, 5) is 72.1. The molecule has 0 aromatic heterocycles. The average molecular weight is 1230 g/mol. The van der Waals surface area contributed by atoms with Crippen molar-refractivity contribution in [3.8, 4) is 0 Å². The predicted octanol–water partition coefficient (Wildman–Crippen LogP) is 17.8. The van der Waals surface area contributed by atoms with E-state index in [9.17, 15) is 43.2 Å². The summed E-state index contributed by atoms with van der Waals surface area (Å²) < 4.78 is 67.9. The molecule has 0 spiro atoms. The third-order valence-corrected chi connectivity index (χ3v) is 17.0. The molecule has 83 heavy (non-hydrogen) atoms. The normalized spacial score (nSPS) is 14.6. The third kappa shape index (κ3) is 57.6. The van der Waals surface area contributed by atoms with Gasteiger partial charge in [-0.1, -0.05) is 272 Å². The Labute approximate surface area is 505 Å². The summed E-state index contributed by atoms with van der Waals surface area (Å²) in [6.45, 7) is 7.17. The highest BCUT2D eigenvalue weighted by Crippen LogP contribution is 2.45. The summed E-state index contributed by atoms with van der Waals surface area (Å²) in [5.41, 5.74) is 0. The molecule has 0 heterocycles. The maximum atomic E-state index is 13.0. The highest BCUT2D eigenvalue weighted by molar-refractivity contribution is 7.47. The van der Waals surface area contributed by atoms with Crippen molar-refractivity contribution < 1.29 is 80.2 Å². The first kappa shape index (κ1) is 81.1. The van der Waals surface area contributed by atoms with Crippen LogP contribution in [0, 0.1) is 5.92 Å². The van der Waals surface area contributed by atoms with Gasteiger partial charge in [-0.3, -0.25) is 37.3 Å². The van der Waals surface area contributed by atoms with Crippen LogP contribution < -0.4 is 0 Å². The fourth-order valence-corrected chi connectivity index (χ4v) is 11.1. The lowest BCUT2D eigenvalue weighted by molar-refractivity contribution is -0.161. The van der Waals surface area contributed by atoms with Gasteiger partial charge in [-0.05, 0) is 31.6 Å². The highest BCUT2D eigenvalue weighted by atomic mass is 31.2. The van der Waals surface area contributed by atoms with Crippen LogP contribution in [0.1, 0.15) is 324 Å². The zero-order valence-electron chi connectivity index (χ0n) is 53.3. The quantitative estimate of drug-likeness (QED) is 0.0222. The van der Waals surface area contributed by atoms with Gasteiger partial charge in [0.1, 0.15) is 19.3 Å². The van der Waals surface area contributed by atoms with E-state index < -0.39 is 97.5 Å². The first-order chi connectivity index (χ1) is 40.1. The number of aliphatic hydroxyl groups is 1. The van der Waals surface area contributed by atoms with Gasteiger partial charge < -0.3 is 33.8 Å². The minimum absolute atomic E-state index is 0.106. The molecular weight excluding hydrogens is 1100 g/mol. The number of carbonyl (C=O) groups excluding carboxylic acids is 4. The van der Waals surface area contributed by atoms with Crippen molar-refractivity contribution in [2.24, 2.45) is 5.92 Å². The van der Waals surface area contributed by atoms with E-state index in [4.69, 9.17) is 37.0 Å². The maximum absolute atomic E-state index is 13.0. The molecular formula is C64H124O17P2. The second-order valence-corrected chi connectivity index (χ2v) is 26.3. The highest BCUT2D eigenvalue weighted by Gasteiger charge is 2.30. The molecule has 0 aromatic rings. The van der Waals surface area contributed by atoms with Gasteiger partial charge in [0.25, 0.3) is 0 Å². The maximum Gasteiger partial charge on any atom is 0.472 e. The number of esters is 4. The lowest BCUT2D eigenvalue weighted by Gasteiger charge is -2.21. The Balaban J connectivity index is 5.23. The summed E-state index contributed by atoms with van der Waals surface area (Å²) in [6, 6.07) is 0. The van der Waals surface area contributed by atoms with Gasteiger partial charge in [0.15, 0.2) is 12.2 Å². The monoisotopic (exact) mass is 1230 g/mol. The standard InChI is InChI=1S/C64H124O17P2/c1-6-10-13-16-19-22-24-25-26-28-35-40-45-50-64(69)81-60(54-75-62(67)48-43-38-33-30-29-31-36-41-46-57(5)9-4)56-79-83(72,73)77-52-58(65)51-76-82(70,71)78-55-59(53-74-61(66)47-42-37-32-21-18-15-12-8-3)80-63(68)49-44-39-34-27-23-20-17-14-11-7-2/h57-60,65H,6-56H2,1-5H3,(H,70,71)(H,72,73)/t57?,58-,59+,60+/m0/s1. The fraction of sp³-hybridized carbons (Fsp3) is 0.938. The number of phosphoric ester groups is 2. The molecule has 0 amide bonds. The van der Waals surface area contributed by atoms with E-state index in [0.29, 0.717) is 25.7 Å². The Morgan fingerprint density at radius 2 is 0.578 bits per heavy atom. The summed E-state index contributed by atoms with van der Waals surface area (Å²) in [5, 5.41) is 10.5. The third-order valence-electron chi connectivity index (χ3n) is 15.1. The zero-order valence-corrected chi connectivity index (χ0v) is 55.1. The van der Waals surface area contributed by atoms with Crippen molar-refractivity contribution in [2.75, 3.05) is 39.6 Å². The largest absolute Gasteiger partial charge is 0.472 e. The zero-order chi connectivity index (χ0) is 61.3. The van der Waals surface area contributed by atoms with E-state index in [1.807, 2.05) is 0 Å². The van der Waals surface area contributed by atoms with Crippen LogP contribution in [0.3, 0.4) is 0 Å². The summed E-state index contributed by atoms with van der Waals surface area (Å²) in [5.74, 6) is -1.36. The molecule has 6 atom stereocenters.